The van der Waals surface area contributed by atoms with Crippen LogP contribution in [0.5, 0.6) is 0 Å². The fraction of sp³-hybridized carbons (Fsp3) is 0.389. The van der Waals surface area contributed by atoms with Gasteiger partial charge >= 0.3 is 0 Å². The maximum Gasteiger partial charge on any atom is 0.297 e. The summed E-state index contributed by atoms with van der Waals surface area (Å²) >= 11 is 5.98. The minimum Gasteiger partial charge on any atom is -0.299 e. The summed E-state index contributed by atoms with van der Waals surface area (Å²) in [5.41, 5.74) is 1.21. The van der Waals surface area contributed by atoms with E-state index in [1.807, 2.05) is 27.7 Å². The van der Waals surface area contributed by atoms with Crippen LogP contribution < -0.4 is 0 Å². The highest BCUT2D eigenvalue weighted by atomic mass is 35.5. The topological polar surface area (TPSA) is 86.2 Å². The number of benzene rings is 1. The van der Waals surface area contributed by atoms with Crippen molar-refractivity contribution in [3.63, 3.8) is 0 Å². The molecular weight excluding hydrogens is 376 g/mol. The van der Waals surface area contributed by atoms with Crippen molar-refractivity contribution in [1.29, 1.82) is 0 Å². The molecule has 0 aliphatic carbocycles. The summed E-state index contributed by atoms with van der Waals surface area (Å²) in [5, 5.41) is 7.72. The van der Waals surface area contributed by atoms with Crippen molar-refractivity contribution in [2.24, 2.45) is 5.41 Å². The summed E-state index contributed by atoms with van der Waals surface area (Å²) in [6.07, 6.45) is 0.0887. The zero-order valence-electron chi connectivity index (χ0n) is 15.1. The molecule has 0 atom stereocenters. The summed E-state index contributed by atoms with van der Waals surface area (Å²) in [5.74, 6) is -0.00623. The van der Waals surface area contributed by atoms with Crippen LogP contribution in [0.15, 0.2) is 35.2 Å². The second-order valence-corrected chi connectivity index (χ2v) is 9.00. The molecule has 0 unspecified atom stereocenters. The molecule has 0 amide bonds. The van der Waals surface area contributed by atoms with E-state index in [4.69, 9.17) is 15.8 Å². The van der Waals surface area contributed by atoms with Crippen LogP contribution >= 0.6 is 11.6 Å². The predicted molar refractivity (Wildman–Crippen MR) is 98.4 cm³/mol. The maximum absolute atomic E-state index is 12.3. The van der Waals surface area contributed by atoms with Gasteiger partial charge in [0.2, 0.25) is 0 Å². The smallest absolute Gasteiger partial charge is 0.297 e. The molecule has 0 spiro atoms. The normalized spacial score (nSPS) is 12.2. The molecule has 26 heavy (non-hydrogen) atoms. The van der Waals surface area contributed by atoms with Gasteiger partial charge in [-0.15, -0.1) is 5.10 Å². The zero-order valence-corrected chi connectivity index (χ0v) is 16.7. The fourth-order valence-corrected chi connectivity index (χ4v) is 3.03. The first kappa shape index (κ1) is 20.5. The van der Waals surface area contributed by atoms with Crippen molar-refractivity contribution in [2.75, 3.05) is 0 Å². The van der Waals surface area contributed by atoms with Gasteiger partial charge in [-0.25, -0.2) is 0 Å². The molecular formula is C18H21ClN2O4S. The Balaban J connectivity index is 2.15. The highest BCUT2D eigenvalue weighted by molar-refractivity contribution is 7.86. The largest absolute Gasteiger partial charge is 0.299 e. The first-order valence-electron chi connectivity index (χ1n) is 7.99. The first-order chi connectivity index (χ1) is 12.0. The lowest BCUT2D eigenvalue weighted by Gasteiger charge is -2.16. The summed E-state index contributed by atoms with van der Waals surface area (Å²) < 4.78 is 29.6. The Morgan fingerprint density at radius 2 is 1.77 bits per heavy atom. The first-order valence-corrected chi connectivity index (χ1v) is 9.78. The number of rotatable bonds is 6. The van der Waals surface area contributed by atoms with Gasteiger partial charge in [0.25, 0.3) is 10.1 Å². The molecule has 140 valence electrons. The number of ketones is 1. The van der Waals surface area contributed by atoms with Crippen LogP contribution in [-0.2, 0) is 32.1 Å². The molecule has 2 rings (SSSR count). The predicted octanol–water partition coefficient (Wildman–Crippen LogP) is 3.50. The van der Waals surface area contributed by atoms with Crippen molar-refractivity contribution < 1.29 is 17.4 Å². The standard InChI is InChI=1S/C18H21ClN2O4S/c1-12-5-7-15(8-6-12)26(23,24)25-11-13-9-14(20-21-17(13)19)10-16(22)18(2,3)4/h5-9H,10-11H2,1-4H3. The quantitative estimate of drug-likeness (QED) is 0.694. The van der Waals surface area contributed by atoms with E-state index in [0.29, 0.717) is 11.3 Å². The Morgan fingerprint density at radius 1 is 1.15 bits per heavy atom. The second-order valence-electron chi connectivity index (χ2n) is 7.03. The number of carbonyl (C=O) groups is 1. The Kier molecular flexibility index (Phi) is 6.16. The number of carbonyl (C=O) groups excluding carboxylic acids is 1. The van der Waals surface area contributed by atoms with Crippen LogP contribution in [0.2, 0.25) is 5.15 Å². The van der Waals surface area contributed by atoms with Gasteiger partial charge in [0.1, 0.15) is 5.78 Å². The van der Waals surface area contributed by atoms with E-state index in [1.54, 1.807) is 18.2 Å². The summed E-state index contributed by atoms with van der Waals surface area (Å²) in [6.45, 7) is 7.02. The molecule has 0 fully saturated rings. The van der Waals surface area contributed by atoms with Crippen LogP contribution in [0.25, 0.3) is 0 Å². The van der Waals surface area contributed by atoms with Gasteiger partial charge in [-0.2, -0.15) is 13.5 Å². The Bertz CT molecular complexity index is 904. The minimum absolute atomic E-state index is 0.00623. The molecule has 6 nitrogen and oxygen atoms in total. The number of aromatic nitrogens is 2. The van der Waals surface area contributed by atoms with Crippen LogP contribution in [0.3, 0.4) is 0 Å². The summed E-state index contributed by atoms with van der Waals surface area (Å²) in [4.78, 5) is 12.2. The van der Waals surface area contributed by atoms with Gasteiger partial charge in [-0.3, -0.25) is 8.98 Å². The van der Waals surface area contributed by atoms with E-state index in [0.717, 1.165) is 5.56 Å². The molecule has 8 heteroatoms. The van der Waals surface area contributed by atoms with Crippen LogP contribution in [0.4, 0.5) is 0 Å². The van der Waals surface area contributed by atoms with Gasteiger partial charge in [0.05, 0.1) is 23.6 Å². The molecule has 0 aliphatic rings. The Hall–Kier alpha value is -1.83. The van der Waals surface area contributed by atoms with E-state index in [-0.39, 0.29) is 28.9 Å². The molecule has 1 aromatic carbocycles. The second kappa shape index (κ2) is 7.82. The third kappa shape index (κ3) is 5.33. The van der Waals surface area contributed by atoms with Crippen molar-refractivity contribution in [2.45, 2.75) is 45.6 Å². The lowest BCUT2D eigenvalue weighted by atomic mass is 9.88. The molecule has 1 aromatic heterocycles. The molecule has 0 saturated carbocycles. The van der Waals surface area contributed by atoms with E-state index < -0.39 is 15.5 Å². The monoisotopic (exact) mass is 396 g/mol. The van der Waals surface area contributed by atoms with Gasteiger partial charge in [0, 0.05) is 11.0 Å². The number of nitrogens with zero attached hydrogens (tertiary/aromatic N) is 2. The van der Waals surface area contributed by atoms with E-state index >= 15 is 0 Å². The molecule has 0 N–H and O–H groups in total. The van der Waals surface area contributed by atoms with Crippen LogP contribution in [0, 0.1) is 12.3 Å². The third-order valence-electron chi connectivity index (χ3n) is 3.73. The average Bonchev–Trinajstić information content (AvgIpc) is 2.55. The van der Waals surface area contributed by atoms with Crippen molar-refractivity contribution >= 4 is 27.5 Å². The SMILES string of the molecule is Cc1ccc(S(=O)(=O)OCc2cc(CC(=O)C(C)(C)C)nnc2Cl)cc1. The lowest BCUT2D eigenvalue weighted by molar-refractivity contribution is -0.125. The van der Waals surface area contributed by atoms with E-state index in [1.165, 1.54) is 12.1 Å². The van der Waals surface area contributed by atoms with E-state index in [2.05, 4.69) is 10.2 Å². The number of hydrogen-bond donors (Lipinski definition) is 0. The number of halogens is 1. The molecule has 0 bridgehead atoms. The molecule has 0 radical (unpaired) electrons. The molecule has 2 aromatic rings. The average molecular weight is 397 g/mol. The number of Topliss-reactive ketones (excluding diaryl/α,β-unsaturated/α-hetero) is 1. The maximum atomic E-state index is 12.3. The van der Waals surface area contributed by atoms with Crippen molar-refractivity contribution in [1.82, 2.24) is 10.2 Å². The van der Waals surface area contributed by atoms with Crippen molar-refractivity contribution in [3.05, 3.63) is 52.3 Å². The number of hydrogen-bond acceptors (Lipinski definition) is 6. The van der Waals surface area contributed by atoms with Gasteiger partial charge in [-0.1, -0.05) is 50.1 Å². The Labute approximate surface area is 158 Å². The highest BCUT2D eigenvalue weighted by Crippen LogP contribution is 2.21. The highest BCUT2D eigenvalue weighted by Gasteiger charge is 2.23. The number of aryl methyl sites for hydroxylation is 1. The molecule has 0 aliphatic heterocycles. The fourth-order valence-electron chi connectivity index (χ4n) is 1.99. The zero-order chi connectivity index (χ0) is 19.5. The summed E-state index contributed by atoms with van der Waals surface area (Å²) in [7, 11) is -3.92. The minimum atomic E-state index is -3.92. The summed E-state index contributed by atoms with van der Waals surface area (Å²) in [6, 6.07) is 7.87. The molecule has 0 saturated heterocycles. The Morgan fingerprint density at radius 3 is 2.35 bits per heavy atom. The molecule has 1 heterocycles. The van der Waals surface area contributed by atoms with E-state index in [9.17, 15) is 13.2 Å². The lowest BCUT2D eigenvalue weighted by Crippen LogP contribution is -2.22. The van der Waals surface area contributed by atoms with Crippen LogP contribution in [-0.4, -0.2) is 24.4 Å². The third-order valence-corrected chi connectivity index (χ3v) is 5.33. The van der Waals surface area contributed by atoms with Crippen LogP contribution in [0.1, 0.15) is 37.6 Å². The van der Waals surface area contributed by atoms with Crippen molar-refractivity contribution in [3.8, 4) is 0 Å². The van der Waals surface area contributed by atoms with Gasteiger partial charge in [0.15, 0.2) is 5.15 Å². The van der Waals surface area contributed by atoms with Gasteiger partial charge < -0.3 is 0 Å². The van der Waals surface area contributed by atoms with Gasteiger partial charge in [-0.05, 0) is 25.1 Å².